The number of fused-ring (bicyclic) bond motifs is 1. The number of hydrogen-bond acceptors (Lipinski definition) is 4. The molecule has 0 unspecified atom stereocenters. The Bertz CT molecular complexity index is 519. The van der Waals surface area contributed by atoms with Gasteiger partial charge in [-0.3, -0.25) is 0 Å². The maximum absolute atomic E-state index is 11.3. The van der Waals surface area contributed by atoms with Crippen LogP contribution in [-0.4, -0.2) is 28.1 Å². The fraction of sp³-hybridized carbons (Fsp3) is 0.364. The van der Waals surface area contributed by atoms with E-state index in [4.69, 9.17) is 0 Å². The predicted molar refractivity (Wildman–Crippen MR) is 59.2 cm³/mol. The van der Waals surface area contributed by atoms with Gasteiger partial charge in [-0.05, 0) is 24.6 Å². The molecule has 1 aromatic carbocycles. The Morgan fingerprint density at radius 1 is 1.50 bits per heavy atom. The molecule has 0 aliphatic rings. The zero-order valence-electron chi connectivity index (χ0n) is 9.30. The van der Waals surface area contributed by atoms with Crippen LogP contribution in [0.1, 0.15) is 23.7 Å². The van der Waals surface area contributed by atoms with Crippen LogP contribution in [0.25, 0.3) is 11.0 Å². The quantitative estimate of drug-likeness (QED) is 0.736. The van der Waals surface area contributed by atoms with Gasteiger partial charge in [0.25, 0.3) is 0 Å². The molecule has 0 saturated heterocycles. The van der Waals surface area contributed by atoms with E-state index in [1.807, 2.05) is 10.7 Å². The van der Waals surface area contributed by atoms with Crippen LogP contribution in [0.5, 0.6) is 0 Å². The lowest BCUT2D eigenvalue weighted by Crippen LogP contribution is -2.01. The number of aromatic nitrogens is 3. The molecule has 2 rings (SSSR count). The Morgan fingerprint density at radius 3 is 3.00 bits per heavy atom. The Morgan fingerprint density at radius 2 is 2.31 bits per heavy atom. The SMILES string of the molecule is CCCn1nnc2cc(C(=O)OC)ccc21. The normalized spacial score (nSPS) is 10.6. The molecule has 2 aromatic rings. The van der Waals surface area contributed by atoms with Crippen molar-refractivity contribution in [1.29, 1.82) is 0 Å². The Hall–Kier alpha value is -1.91. The molecule has 5 nitrogen and oxygen atoms in total. The molecule has 5 heteroatoms. The van der Waals surface area contributed by atoms with E-state index in [1.165, 1.54) is 7.11 Å². The van der Waals surface area contributed by atoms with Crippen molar-refractivity contribution in [2.45, 2.75) is 19.9 Å². The lowest BCUT2D eigenvalue weighted by molar-refractivity contribution is 0.0601. The van der Waals surface area contributed by atoms with Gasteiger partial charge in [0.05, 0.1) is 18.2 Å². The van der Waals surface area contributed by atoms with E-state index in [1.54, 1.807) is 12.1 Å². The Labute approximate surface area is 93.0 Å². The van der Waals surface area contributed by atoms with Crippen molar-refractivity contribution in [2.24, 2.45) is 0 Å². The van der Waals surface area contributed by atoms with Crippen LogP contribution in [0.15, 0.2) is 18.2 Å². The molecule has 0 radical (unpaired) electrons. The molecule has 84 valence electrons. The van der Waals surface area contributed by atoms with Crippen LogP contribution in [0.4, 0.5) is 0 Å². The van der Waals surface area contributed by atoms with Gasteiger partial charge in [0.15, 0.2) is 0 Å². The molecule has 0 aliphatic heterocycles. The zero-order chi connectivity index (χ0) is 11.5. The molecule has 0 spiro atoms. The summed E-state index contributed by atoms with van der Waals surface area (Å²) in [5, 5.41) is 8.05. The first-order chi connectivity index (χ1) is 7.76. The van der Waals surface area contributed by atoms with Crippen molar-refractivity contribution in [3.8, 4) is 0 Å². The highest BCUT2D eigenvalue weighted by atomic mass is 16.5. The van der Waals surface area contributed by atoms with Crippen molar-refractivity contribution in [3.63, 3.8) is 0 Å². The highest BCUT2D eigenvalue weighted by Crippen LogP contribution is 2.14. The highest BCUT2D eigenvalue weighted by Gasteiger charge is 2.09. The molecule has 0 fully saturated rings. The number of nitrogens with zero attached hydrogens (tertiary/aromatic N) is 3. The summed E-state index contributed by atoms with van der Waals surface area (Å²) in [6, 6.07) is 5.27. The van der Waals surface area contributed by atoms with Gasteiger partial charge < -0.3 is 4.74 Å². The number of rotatable bonds is 3. The molecule has 0 amide bonds. The van der Waals surface area contributed by atoms with Gasteiger partial charge in [-0.2, -0.15) is 0 Å². The van der Waals surface area contributed by atoms with Crippen molar-refractivity contribution < 1.29 is 9.53 Å². The third-order valence-corrected chi connectivity index (χ3v) is 2.37. The van der Waals surface area contributed by atoms with Gasteiger partial charge >= 0.3 is 5.97 Å². The molecule has 1 aromatic heterocycles. The van der Waals surface area contributed by atoms with Crippen LogP contribution < -0.4 is 0 Å². The molecule has 0 aliphatic carbocycles. The Balaban J connectivity index is 2.44. The van der Waals surface area contributed by atoms with Gasteiger partial charge in [-0.25, -0.2) is 9.48 Å². The van der Waals surface area contributed by atoms with Gasteiger partial charge in [0.2, 0.25) is 0 Å². The largest absolute Gasteiger partial charge is 0.465 e. The third kappa shape index (κ3) is 1.76. The summed E-state index contributed by atoms with van der Waals surface area (Å²) in [5.74, 6) is -0.355. The molecular weight excluding hydrogens is 206 g/mol. The van der Waals surface area contributed by atoms with E-state index in [0.717, 1.165) is 24.0 Å². The molecule has 16 heavy (non-hydrogen) atoms. The number of methoxy groups -OCH3 is 1. The van der Waals surface area contributed by atoms with Gasteiger partial charge in [-0.15, -0.1) is 5.10 Å². The van der Waals surface area contributed by atoms with Crippen LogP contribution in [0, 0.1) is 0 Å². The second-order valence-electron chi connectivity index (χ2n) is 3.51. The number of carbonyl (C=O) groups excluding carboxylic acids is 1. The topological polar surface area (TPSA) is 57.0 Å². The molecule has 0 saturated carbocycles. The smallest absolute Gasteiger partial charge is 0.337 e. The third-order valence-electron chi connectivity index (χ3n) is 2.37. The Kier molecular flexibility index (Phi) is 2.85. The first-order valence-corrected chi connectivity index (χ1v) is 5.18. The van der Waals surface area contributed by atoms with Crippen LogP contribution >= 0.6 is 0 Å². The average Bonchev–Trinajstić information content (AvgIpc) is 2.71. The van der Waals surface area contributed by atoms with Crippen LogP contribution in [-0.2, 0) is 11.3 Å². The fourth-order valence-electron chi connectivity index (χ4n) is 1.59. The minimum Gasteiger partial charge on any atom is -0.465 e. The summed E-state index contributed by atoms with van der Waals surface area (Å²) in [6.45, 7) is 2.91. The van der Waals surface area contributed by atoms with E-state index >= 15 is 0 Å². The second-order valence-corrected chi connectivity index (χ2v) is 3.51. The van der Waals surface area contributed by atoms with Crippen LogP contribution in [0.2, 0.25) is 0 Å². The van der Waals surface area contributed by atoms with E-state index in [0.29, 0.717) is 5.56 Å². The summed E-state index contributed by atoms with van der Waals surface area (Å²) in [5.41, 5.74) is 2.16. The van der Waals surface area contributed by atoms with Gasteiger partial charge in [0, 0.05) is 6.54 Å². The lowest BCUT2D eigenvalue weighted by Gasteiger charge is -2.00. The average molecular weight is 219 g/mol. The van der Waals surface area contributed by atoms with E-state index in [9.17, 15) is 4.79 Å². The van der Waals surface area contributed by atoms with E-state index in [-0.39, 0.29) is 5.97 Å². The minimum atomic E-state index is -0.355. The van der Waals surface area contributed by atoms with E-state index in [2.05, 4.69) is 22.0 Å². The summed E-state index contributed by atoms with van der Waals surface area (Å²) in [4.78, 5) is 11.3. The molecular formula is C11H13N3O2. The molecule has 1 heterocycles. The fourth-order valence-corrected chi connectivity index (χ4v) is 1.59. The molecule has 0 atom stereocenters. The van der Waals surface area contributed by atoms with E-state index < -0.39 is 0 Å². The standard InChI is InChI=1S/C11H13N3O2/c1-3-6-14-10-5-4-8(11(15)16-2)7-9(10)12-13-14/h4-5,7H,3,6H2,1-2H3. The number of carbonyl (C=O) groups is 1. The number of aryl methyl sites for hydroxylation is 1. The summed E-state index contributed by atoms with van der Waals surface area (Å²) in [7, 11) is 1.36. The maximum atomic E-state index is 11.3. The minimum absolute atomic E-state index is 0.355. The lowest BCUT2D eigenvalue weighted by atomic mass is 10.2. The van der Waals surface area contributed by atoms with Crippen LogP contribution in [0.3, 0.4) is 0 Å². The summed E-state index contributed by atoms with van der Waals surface area (Å²) in [6.07, 6.45) is 0.997. The second kappa shape index (κ2) is 4.30. The van der Waals surface area contributed by atoms with Gasteiger partial charge in [-0.1, -0.05) is 12.1 Å². The first-order valence-electron chi connectivity index (χ1n) is 5.18. The van der Waals surface area contributed by atoms with Crippen molar-refractivity contribution in [2.75, 3.05) is 7.11 Å². The number of ether oxygens (including phenoxy) is 1. The van der Waals surface area contributed by atoms with Crippen molar-refractivity contribution >= 4 is 17.0 Å². The molecule has 0 N–H and O–H groups in total. The van der Waals surface area contributed by atoms with Crippen molar-refractivity contribution in [1.82, 2.24) is 15.0 Å². The number of benzene rings is 1. The highest BCUT2D eigenvalue weighted by molar-refractivity contribution is 5.93. The first kappa shape index (κ1) is 10.6. The van der Waals surface area contributed by atoms with Crippen molar-refractivity contribution in [3.05, 3.63) is 23.8 Å². The predicted octanol–water partition coefficient (Wildman–Crippen LogP) is 1.63. The maximum Gasteiger partial charge on any atom is 0.337 e. The summed E-state index contributed by atoms with van der Waals surface area (Å²) >= 11 is 0. The number of hydrogen-bond donors (Lipinski definition) is 0. The van der Waals surface area contributed by atoms with Gasteiger partial charge in [0.1, 0.15) is 5.52 Å². The number of esters is 1. The molecule has 0 bridgehead atoms. The monoisotopic (exact) mass is 219 g/mol. The zero-order valence-corrected chi connectivity index (χ0v) is 9.30. The summed E-state index contributed by atoms with van der Waals surface area (Å²) < 4.78 is 6.48.